The van der Waals surface area contributed by atoms with Crippen molar-refractivity contribution in [3.63, 3.8) is 0 Å². The van der Waals surface area contributed by atoms with E-state index in [-0.39, 0.29) is 0 Å². The van der Waals surface area contributed by atoms with E-state index in [9.17, 15) is 0 Å². The van der Waals surface area contributed by atoms with Crippen molar-refractivity contribution >= 4 is 43.5 Å². The second-order valence-electron chi connectivity index (χ2n) is 11.6. The van der Waals surface area contributed by atoms with E-state index >= 15 is 0 Å². The van der Waals surface area contributed by atoms with Gasteiger partial charge in [-0.25, -0.2) is 0 Å². The molecule has 0 spiro atoms. The van der Waals surface area contributed by atoms with Crippen LogP contribution >= 0.6 is 0 Å². The van der Waals surface area contributed by atoms with Crippen molar-refractivity contribution in [3.8, 4) is 44.5 Å². The molecule has 1 heteroatoms. The van der Waals surface area contributed by atoms with Crippen molar-refractivity contribution in [2.24, 2.45) is 0 Å². The van der Waals surface area contributed by atoms with Gasteiger partial charge >= 0.3 is 0 Å². The van der Waals surface area contributed by atoms with Crippen LogP contribution in [0.15, 0.2) is 174 Å². The molecule has 210 valence electrons. The fraction of sp³-hybridized carbons (Fsp3) is 0. The topological polar surface area (TPSA) is 13.1 Å². The zero-order valence-electron chi connectivity index (χ0n) is 24.6. The Kier molecular flexibility index (Phi) is 5.89. The molecule has 0 atom stereocenters. The largest absolute Gasteiger partial charge is 0.455 e. The van der Waals surface area contributed by atoms with Gasteiger partial charge in [0.1, 0.15) is 11.2 Å². The Morgan fingerprint density at radius 2 is 0.867 bits per heavy atom. The lowest BCUT2D eigenvalue weighted by atomic mass is 9.84. The Balaban J connectivity index is 1.44. The van der Waals surface area contributed by atoms with Gasteiger partial charge in [-0.2, -0.15) is 0 Å². The lowest BCUT2D eigenvalue weighted by Crippen LogP contribution is -1.92. The lowest BCUT2D eigenvalue weighted by molar-refractivity contribution is 0.670. The van der Waals surface area contributed by atoms with E-state index in [2.05, 4.69) is 170 Å². The normalized spacial score (nSPS) is 11.6. The fourth-order valence-corrected chi connectivity index (χ4v) is 7.10. The van der Waals surface area contributed by atoms with Crippen LogP contribution < -0.4 is 0 Å². The van der Waals surface area contributed by atoms with Crippen LogP contribution in [0.1, 0.15) is 0 Å². The second-order valence-corrected chi connectivity index (χ2v) is 11.6. The van der Waals surface area contributed by atoms with E-state index in [0.29, 0.717) is 0 Å². The molecule has 8 aromatic carbocycles. The third kappa shape index (κ3) is 4.09. The van der Waals surface area contributed by atoms with E-state index < -0.39 is 0 Å². The van der Waals surface area contributed by atoms with Gasteiger partial charge in [0.2, 0.25) is 0 Å². The van der Waals surface area contributed by atoms with E-state index in [1.165, 1.54) is 54.9 Å². The van der Waals surface area contributed by atoms with E-state index in [4.69, 9.17) is 4.42 Å². The van der Waals surface area contributed by atoms with Gasteiger partial charge in [-0.3, -0.25) is 0 Å². The highest BCUT2D eigenvalue weighted by atomic mass is 16.3. The quantitative estimate of drug-likeness (QED) is 0.191. The number of rotatable bonds is 4. The summed E-state index contributed by atoms with van der Waals surface area (Å²) in [5.74, 6) is 0. The molecule has 0 N–H and O–H groups in total. The summed E-state index contributed by atoms with van der Waals surface area (Å²) in [5.41, 5.74) is 11.4. The minimum Gasteiger partial charge on any atom is -0.455 e. The van der Waals surface area contributed by atoms with Crippen LogP contribution in [-0.2, 0) is 0 Å². The number of benzene rings is 8. The highest BCUT2D eigenvalue weighted by Crippen LogP contribution is 2.48. The highest BCUT2D eigenvalue weighted by Gasteiger charge is 2.21. The van der Waals surface area contributed by atoms with Crippen molar-refractivity contribution in [1.82, 2.24) is 0 Å². The molecule has 9 aromatic rings. The lowest BCUT2D eigenvalue weighted by Gasteiger charge is -2.19. The minimum atomic E-state index is 0.898. The first-order valence-electron chi connectivity index (χ1n) is 15.4. The molecule has 1 heterocycles. The molecule has 0 saturated heterocycles. The first-order chi connectivity index (χ1) is 22.3. The summed E-state index contributed by atoms with van der Waals surface area (Å²) in [6.07, 6.45) is 0. The molecule has 1 aromatic heterocycles. The molecule has 45 heavy (non-hydrogen) atoms. The molecule has 9 rings (SSSR count). The molecule has 0 radical (unpaired) electrons. The summed E-state index contributed by atoms with van der Waals surface area (Å²) in [6, 6.07) is 60.8. The molecule has 0 aliphatic carbocycles. The second kappa shape index (κ2) is 10.4. The molecule has 0 fully saturated rings. The van der Waals surface area contributed by atoms with Gasteiger partial charge in [0, 0.05) is 16.3 Å². The van der Waals surface area contributed by atoms with E-state index in [1.54, 1.807) is 0 Å². The Labute approximate surface area is 261 Å². The summed E-state index contributed by atoms with van der Waals surface area (Å²) in [4.78, 5) is 0. The highest BCUT2D eigenvalue weighted by molar-refractivity contribution is 6.26. The Morgan fingerprint density at radius 1 is 0.311 bits per heavy atom. The third-order valence-corrected chi connectivity index (χ3v) is 9.07. The van der Waals surface area contributed by atoms with Gasteiger partial charge in [-0.15, -0.1) is 0 Å². The van der Waals surface area contributed by atoms with Crippen LogP contribution in [0.25, 0.3) is 88.0 Å². The summed E-state index contributed by atoms with van der Waals surface area (Å²) in [5, 5.41) is 7.22. The molecular formula is C44H28O. The van der Waals surface area contributed by atoms with Gasteiger partial charge in [0.25, 0.3) is 0 Å². The Morgan fingerprint density at radius 3 is 1.60 bits per heavy atom. The third-order valence-electron chi connectivity index (χ3n) is 9.07. The monoisotopic (exact) mass is 572 g/mol. The smallest absolute Gasteiger partial charge is 0.143 e. The van der Waals surface area contributed by atoms with E-state index in [1.807, 2.05) is 0 Å². The first-order valence-corrected chi connectivity index (χ1v) is 15.4. The summed E-state index contributed by atoms with van der Waals surface area (Å²) in [7, 11) is 0. The summed E-state index contributed by atoms with van der Waals surface area (Å²) >= 11 is 0. The van der Waals surface area contributed by atoms with Gasteiger partial charge in [-0.1, -0.05) is 158 Å². The van der Waals surface area contributed by atoms with Crippen LogP contribution in [0.5, 0.6) is 0 Å². The summed E-state index contributed by atoms with van der Waals surface area (Å²) in [6.45, 7) is 0. The van der Waals surface area contributed by atoms with Crippen molar-refractivity contribution in [1.29, 1.82) is 0 Å². The average Bonchev–Trinajstić information content (AvgIpc) is 3.51. The standard InChI is InChI=1S/C44H28O/c1-4-14-29(15-5-1)32-26-27-36-39(28-32)42(35-21-11-10-20-34(35)41(36)31-18-8-3-9-19-31)37-23-13-25-40-43(37)38-24-12-22-33(44(38)45-40)30-16-6-2-7-17-30/h1-28H. The zero-order valence-corrected chi connectivity index (χ0v) is 24.6. The molecule has 0 aliphatic rings. The number of hydrogen-bond donors (Lipinski definition) is 0. The zero-order chi connectivity index (χ0) is 29.7. The average molecular weight is 573 g/mol. The van der Waals surface area contributed by atoms with E-state index in [0.717, 1.165) is 33.1 Å². The molecular weight excluding hydrogens is 544 g/mol. The van der Waals surface area contributed by atoms with Crippen LogP contribution in [0.3, 0.4) is 0 Å². The SMILES string of the molecule is c1ccc(-c2ccc3c(-c4ccccc4)c4ccccc4c(-c4cccc5oc6c(-c7ccccc7)cccc6c45)c3c2)cc1. The molecule has 1 nitrogen and oxygen atoms in total. The van der Waals surface area contributed by atoms with Crippen molar-refractivity contribution in [2.45, 2.75) is 0 Å². The predicted molar refractivity (Wildman–Crippen MR) is 190 cm³/mol. The van der Waals surface area contributed by atoms with Crippen LogP contribution in [-0.4, -0.2) is 0 Å². The van der Waals surface area contributed by atoms with Crippen molar-refractivity contribution in [2.75, 3.05) is 0 Å². The van der Waals surface area contributed by atoms with Gasteiger partial charge in [-0.05, 0) is 72.6 Å². The maximum Gasteiger partial charge on any atom is 0.143 e. The minimum absolute atomic E-state index is 0.898. The molecule has 0 bridgehead atoms. The first kappa shape index (κ1) is 25.6. The van der Waals surface area contributed by atoms with Crippen LogP contribution in [0.4, 0.5) is 0 Å². The fourth-order valence-electron chi connectivity index (χ4n) is 7.10. The maximum atomic E-state index is 6.71. The van der Waals surface area contributed by atoms with Crippen molar-refractivity contribution < 1.29 is 4.42 Å². The number of para-hydroxylation sites is 1. The predicted octanol–water partition coefficient (Wildman–Crippen LogP) is 12.6. The van der Waals surface area contributed by atoms with Gasteiger partial charge in [0.15, 0.2) is 0 Å². The van der Waals surface area contributed by atoms with Gasteiger partial charge in [0.05, 0.1) is 0 Å². The maximum absolute atomic E-state index is 6.71. The Bertz CT molecular complexity index is 2510. The molecule has 0 unspecified atom stereocenters. The Hall–Kier alpha value is -5.92. The van der Waals surface area contributed by atoms with Gasteiger partial charge < -0.3 is 4.42 Å². The molecule has 0 amide bonds. The molecule has 0 aliphatic heterocycles. The number of fused-ring (bicyclic) bond motifs is 5. The number of hydrogen-bond acceptors (Lipinski definition) is 1. The number of furan rings is 1. The van der Waals surface area contributed by atoms with Crippen LogP contribution in [0.2, 0.25) is 0 Å². The van der Waals surface area contributed by atoms with Crippen molar-refractivity contribution in [3.05, 3.63) is 170 Å². The molecule has 0 saturated carbocycles. The van der Waals surface area contributed by atoms with Crippen LogP contribution in [0, 0.1) is 0 Å². The summed E-state index contributed by atoms with van der Waals surface area (Å²) < 4.78 is 6.71.